The molecule has 0 bridgehead atoms. The second-order valence-electron chi connectivity index (χ2n) is 5.67. The monoisotopic (exact) mass is 369 g/mol. The van der Waals surface area contributed by atoms with Crippen LogP contribution >= 0.6 is 17.0 Å². The summed E-state index contributed by atoms with van der Waals surface area (Å²) in [5.74, 6) is 0.411. The van der Waals surface area contributed by atoms with Gasteiger partial charge in [-0.25, -0.2) is 4.99 Å². The van der Waals surface area contributed by atoms with Crippen molar-refractivity contribution in [2.45, 2.75) is 45.4 Å². The molecule has 6 nitrogen and oxygen atoms in total. The number of guanidine groups is 2. The summed E-state index contributed by atoms with van der Waals surface area (Å²) < 4.78 is 0. The van der Waals surface area contributed by atoms with Crippen molar-refractivity contribution in [2.75, 3.05) is 0 Å². The van der Waals surface area contributed by atoms with Crippen molar-refractivity contribution in [3.8, 4) is 0 Å². The number of nitrogens with zero attached hydrogens (tertiary/aromatic N) is 3. The first-order chi connectivity index (χ1) is 9.88. The summed E-state index contributed by atoms with van der Waals surface area (Å²) >= 11 is 0. The van der Waals surface area contributed by atoms with Gasteiger partial charge in [-0.1, -0.05) is 30.3 Å². The molecule has 22 heavy (non-hydrogen) atoms. The Bertz CT molecular complexity index is 544. The average Bonchev–Trinajstić information content (AvgIpc) is 2.41. The highest BCUT2D eigenvalue weighted by Gasteiger charge is 2.34. The van der Waals surface area contributed by atoms with Gasteiger partial charge in [0, 0.05) is 0 Å². The molecule has 1 aliphatic heterocycles. The predicted molar refractivity (Wildman–Crippen MR) is 94.8 cm³/mol. The second kappa shape index (κ2) is 7.60. The maximum absolute atomic E-state index is 5.90. The lowest BCUT2D eigenvalue weighted by Crippen LogP contribution is -2.54. The maximum atomic E-state index is 5.90. The molecule has 0 aromatic heterocycles. The standard InChI is InChI=1S/C15H23N5O.BrH/c1-11(9-10-12-7-5-4-6-8-12)21-20-14(17)18-13(16)19-15(20,2)3;/h4-8,11H,9-10H2,1-3H3,(H4,16,17,18,19);1H. The first-order valence-electron chi connectivity index (χ1n) is 7.09. The Kier molecular flexibility index (Phi) is 6.37. The van der Waals surface area contributed by atoms with Gasteiger partial charge in [0.25, 0.3) is 0 Å². The molecule has 0 amide bonds. The van der Waals surface area contributed by atoms with Gasteiger partial charge in [0.05, 0.1) is 6.10 Å². The van der Waals surface area contributed by atoms with Gasteiger partial charge in [0.2, 0.25) is 11.9 Å². The van der Waals surface area contributed by atoms with Gasteiger partial charge in [-0.05, 0) is 39.2 Å². The third-order valence-corrected chi connectivity index (χ3v) is 3.29. The molecule has 0 saturated heterocycles. The Labute approximate surface area is 142 Å². The molecule has 4 N–H and O–H groups in total. The van der Waals surface area contributed by atoms with E-state index in [4.69, 9.17) is 16.3 Å². The van der Waals surface area contributed by atoms with E-state index in [1.165, 1.54) is 10.6 Å². The van der Waals surface area contributed by atoms with Crippen LogP contribution in [0.25, 0.3) is 0 Å². The molecule has 1 aliphatic rings. The number of benzene rings is 1. The van der Waals surface area contributed by atoms with Crippen molar-refractivity contribution in [1.29, 1.82) is 0 Å². The largest absolute Gasteiger partial charge is 0.368 e. The fourth-order valence-corrected chi connectivity index (χ4v) is 2.22. The number of hydroxylamine groups is 2. The summed E-state index contributed by atoms with van der Waals surface area (Å²) in [7, 11) is 0. The second-order valence-corrected chi connectivity index (χ2v) is 5.67. The summed E-state index contributed by atoms with van der Waals surface area (Å²) in [4.78, 5) is 14.1. The molecule has 122 valence electrons. The van der Waals surface area contributed by atoms with E-state index in [-0.39, 0.29) is 35.0 Å². The summed E-state index contributed by atoms with van der Waals surface area (Å²) in [5.41, 5.74) is 12.2. The molecule has 1 unspecified atom stereocenters. The maximum Gasteiger partial charge on any atom is 0.226 e. The van der Waals surface area contributed by atoms with Gasteiger partial charge in [-0.2, -0.15) is 10.1 Å². The molecule has 7 heteroatoms. The van der Waals surface area contributed by atoms with Crippen molar-refractivity contribution in [3.63, 3.8) is 0 Å². The molecule has 0 fully saturated rings. The van der Waals surface area contributed by atoms with Crippen molar-refractivity contribution >= 4 is 28.9 Å². The minimum Gasteiger partial charge on any atom is -0.368 e. The summed E-state index contributed by atoms with van der Waals surface area (Å²) in [6.45, 7) is 5.77. The summed E-state index contributed by atoms with van der Waals surface area (Å²) in [6, 6.07) is 10.3. The first-order valence-corrected chi connectivity index (χ1v) is 7.09. The zero-order valence-electron chi connectivity index (χ0n) is 13.2. The van der Waals surface area contributed by atoms with Gasteiger partial charge < -0.3 is 11.5 Å². The molecular weight excluding hydrogens is 346 g/mol. The number of hydrogen-bond donors (Lipinski definition) is 2. The normalized spacial score (nSPS) is 18.0. The van der Waals surface area contributed by atoms with E-state index in [0.29, 0.717) is 0 Å². The predicted octanol–water partition coefficient (Wildman–Crippen LogP) is 2.20. The summed E-state index contributed by atoms with van der Waals surface area (Å²) in [5, 5.41) is 1.53. The fourth-order valence-electron chi connectivity index (χ4n) is 2.22. The fraction of sp³-hybridized carbons (Fsp3) is 0.467. The number of aliphatic imine (C=N–C) groups is 2. The van der Waals surface area contributed by atoms with Crippen molar-refractivity contribution in [1.82, 2.24) is 5.06 Å². The molecule has 1 aromatic rings. The number of hydrogen-bond acceptors (Lipinski definition) is 6. The Hall–Kier alpha value is -1.60. The van der Waals surface area contributed by atoms with Crippen LogP contribution in [0.2, 0.25) is 0 Å². The molecular formula is C15H24BrN5O. The van der Waals surface area contributed by atoms with E-state index in [0.717, 1.165) is 12.8 Å². The third kappa shape index (κ3) is 4.71. The van der Waals surface area contributed by atoms with E-state index in [2.05, 4.69) is 22.1 Å². The van der Waals surface area contributed by atoms with Crippen LogP contribution in [0.4, 0.5) is 0 Å². The van der Waals surface area contributed by atoms with Crippen LogP contribution in [-0.4, -0.2) is 28.7 Å². The third-order valence-electron chi connectivity index (χ3n) is 3.29. The molecule has 1 aromatic carbocycles. The lowest BCUT2D eigenvalue weighted by Gasteiger charge is -2.38. The van der Waals surface area contributed by atoms with Crippen molar-refractivity contribution in [2.24, 2.45) is 21.5 Å². The smallest absolute Gasteiger partial charge is 0.226 e. The van der Waals surface area contributed by atoms with E-state index in [1.54, 1.807) is 0 Å². The highest BCUT2D eigenvalue weighted by molar-refractivity contribution is 8.93. The average molecular weight is 370 g/mol. The van der Waals surface area contributed by atoms with Crippen LogP contribution < -0.4 is 11.5 Å². The van der Waals surface area contributed by atoms with E-state index in [9.17, 15) is 0 Å². The number of aryl methyl sites for hydroxylation is 1. The van der Waals surface area contributed by atoms with Gasteiger partial charge in [0.1, 0.15) is 0 Å². The van der Waals surface area contributed by atoms with E-state index >= 15 is 0 Å². The van der Waals surface area contributed by atoms with Crippen LogP contribution in [0.3, 0.4) is 0 Å². The highest BCUT2D eigenvalue weighted by atomic mass is 79.9. The first kappa shape index (κ1) is 18.4. The van der Waals surface area contributed by atoms with Crippen LogP contribution in [0.5, 0.6) is 0 Å². The number of halogens is 1. The quantitative estimate of drug-likeness (QED) is 0.832. The van der Waals surface area contributed by atoms with E-state index < -0.39 is 5.66 Å². The Morgan fingerprint density at radius 3 is 2.45 bits per heavy atom. The van der Waals surface area contributed by atoms with Crippen LogP contribution in [0.1, 0.15) is 32.8 Å². The van der Waals surface area contributed by atoms with Crippen LogP contribution in [-0.2, 0) is 11.3 Å². The minimum atomic E-state index is -0.656. The van der Waals surface area contributed by atoms with Crippen molar-refractivity contribution in [3.05, 3.63) is 35.9 Å². The van der Waals surface area contributed by atoms with E-state index in [1.807, 2.05) is 39.0 Å². The molecule has 2 rings (SSSR count). The highest BCUT2D eigenvalue weighted by Crippen LogP contribution is 2.22. The Balaban J connectivity index is 0.00000242. The van der Waals surface area contributed by atoms with Gasteiger partial charge in [-0.3, -0.25) is 4.84 Å². The zero-order chi connectivity index (χ0) is 15.5. The van der Waals surface area contributed by atoms with Crippen LogP contribution in [0, 0.1) is 0 Å². The Morgan fingerprint density at radius 1 is 1.23 bits per heavy atom. The molecule has 0 aliphatic carbocycles. The molecule has 0 radical (unpaired) electrons. The summed E-state index contributed by atoms with van der Waals surface area (Å²) in [6.07, 6.45) is 1.81. The molecule has 1 heterocycles. The number of rotatable bonds is 5. The number of nitrogens with two attached hydrogens (primary N) is 2. The Morgan fingerprint density at radius 2 is 1.86 bits per heavy atom. The SMILES string of the molecule is Br.CC(CCc1ccccc1)ON1C(N)=NC(N)=NC1(C)C. The van der Waals surface area contributed by atoms with Gasteiger partial charge in [0.15, 0.2) is 5.66 Å². The zero-order valence-corrected chi connectivity index (χ0v) is 14.9. The topological polar surface area (TPSA) is 89.2 Å². The molecule has 1 atom stereocenters. The van der Waals surface area contributed by atoms with Gasteiger partial charge in [-0.15, -0.1) is 17.0 Å². The molecule has 0 saturated carbocycles. The minimum absolute atomic E-state index is 0. The van der Waals surface area contributed by atoms with Crippen LogP contribution in [0.15, 0.2) is 40.3 Å². The lowest BCUT2D eigenvalue weighted by molar-refractivity contribution is -0.190. The van der Waals surface area contributed by atoms with Crippen molar-refractivity contribution < 1.29 is 4.84 Å². The molecule has 0 spiro atoms. The lowest BCUT2D eigenvalue weighted by atomic mass is 10.1. The van der Waals surface area contributed by atoms with Gasteiger partial charge >= 0.3 is 0 Å².